The second-order valence-electron chi connectivity index (χ2n) is 5.96. The van der Waals surface area contributed by atoms with Gasteiger partial charge >= 0.3 is 0 Å². The Morgan fingerprint density at radius 3 is 2.58 bits per heavy atom. The number of methoxy groups -OCH3 is 1. The molecule has 6 nitrogen and oxygen atoms in total. The van der Waals surface area contributed by atoms with E-state index in [1.54, 1.807) is 19.6 Å². The van der Waals surface area contributed by atoms with Crippen LogP contribution in [-0.4, -0.2) is 41.3 Å². The number of pyridine rings is 1. The van der Waals surface area contributed by atoms with Crippen LogP contribution >= 0.6 is 0 Å². The van der Waals surface area contributed by atoms with E-state index >= 15 is 0 Å². The average Bonchev–Trinajstić information content (AvgIpc) is 2.63. The van der Waals surface area contributed by atoms with Gasteiger partial charge in [-0.3, -0.25) is 0 Å². The first-order valence-corrected chi connectivity index (χ1v) is 8.43. The molecule has 0 spiro atoms. The molecule has 0 atom stereocenters. The highest BCUT2D eigenvalue weighted by molar-refractivity contribution is 5.48. The number of hydrogen-bond acceptors (Lipinski definition) is 6. The first-order chi connectivity index (χ1) is 11.7. The molecule has 0 saturated carbocycles. The zero-order valence-corrected chi connectivity index (χ0v) is 14.5. The first kappa shape index (κ1) is 16.5. The third-order valence-electron chi connectivity index (χ3n) is 4.46. The summed E-state index contributed by atoms with van der Waals surface area (Å²) >= 11 is 0. The number of nitrogens with zero attached hydrogens (tertiary/aromatic N) is 4. The van der Waals surface area contributed by atoms with Gasteiger partial charge in [0.15, 0.2) is 0 Å². The SMILES string of the molecule is CCc1ncnc(N2CCC(Oc3ccc(OC)nc3)CC2)c1C. The fourth-order valence-corrected chi connectivity index (χ4v) is 3.09. The van der Waals surface area contributed by atoms with Gasteiger partial charge in [-0.15, -0.1) is 0 Å². The molecule has 0 radical (unpaired) electrons. The zero-order chi connectivity index (χ0) is 16.9. The smallest absolute Gasteiger partial charge is 0.213 e. The predicted molar refractivity (Wildman–Crippen MR) is 92.8 cm³/mol. The minimum atomic E-state index is 0.212. The lowest BCUT2D eigenvalue weighted by molar-refractivity contribution is 0.169. The summed E-state index contributed by atoms with van der Waals surface area (Å²) in [4.78, 5) is 15.4. The van der Waals surface area contributed by atoms with Crippen LogP contribution in [0.1, 0.15) is 31.0 Å². The molecular weight excluding hydrogens is 304 g/mol. The second-order valence-corrected chi connectivity index (χ2v) is 5.96. The molecule has 0 aliphatic carbocycles. The molecule has 1 fully saturated rings. The van der Waals surface area contributed by atoms with Gasteiger partial charge in [0, 0.05) is 43.3 Å². The van der Waals surface area contributed by atoms with Crippen molar-refractivity contribution in [2.45, 2.75) is 39.2 Å². The van der Waals surface area contributed by atoms with Crippen LogP contribution in [0.2, 0.25) is 0 Å². The van der Waals surface area contributed by atoms with Crippen molar-refractivity contribution in [2.75, 3.05) is 25.1 Å². The summed E-state index contributed by atoms with van der Waals surface area (Å²) in [5.74, 6) is 2.45. The molecule has 3 heterocycles. The fourth-order valence-electron chi connectivity index (χ4n) is 3.09. The van der Waals surface area contributed by atoms with Crippen molar-refractivity contribution in [3.63, 3.8) is 0 Å². The highest BCUT2D eigenvalue weighted by Crippen LogP contribution is 2.25. The lowest BCUT2D eigenvalue weighted by Gasteiger charge is -2.33. The van der Waals surface area contributed by atoms with E-state index in [1.165, 1.54) is 5.56 Å². The summed E-state index contributed by atoms with van der Waals surface area (Å²) < 4.78 is 11.1. The monoisotopic (exact) mass is 328 g/mol. The summed E-state index contributed by atoms with van der Waals surface area (Å²) in [6, 6.07) is 3.72. The number of aromatic nitrogens is 3. The number of piperidine rings is 1. The van der Waals surface area contributed by atoms with Crippen molar-refractivity contribution < 1.29 is 9.47 Å². The van der Waals surface area contributed by atoms with Crippen molar-refractivity contribution in [3.05, 3.63) is 35.9 Å². The minimum Gasteiger partial charge on any atom is -0.489 e. The average molecular weight is 328 g/mol. The first-order valence-electron chi connectivity index (χ1n) is 8.43. The van der Waals surface area contributed by atoms with Crippen LogP contribution in [0.15, 0.2) is 24.7 Å². The molecule has 0 unspecified atom stereocenters. The molecule has 2 aromatic rings. The zero-order valence-electron chi connectivity index (χ0n) is 14.5. The Morgan fingerprint density at radius 1 is 1.17 bits per heavy atom. The van der Waals surface area contributed by atoms with Crippen LogP contribution in [0, 0.1) is 6.92 Å². The van der Waals surface area contributed by atoms with Crippen LogP contribution in [0.4, 0.5) is 5.82 Å². The molecule has 0 amide bonds. The summed E-state index contributed by atoms with van der Waals surface area (Å²) in [6.45, 7) is 6.12. The van der Waals surface area contributed by atoms with Crippen LogP contribution in [-0.2, 0) is 6.42 Å². The van der Waals surface area contributed by atoms with E-state index < -0.39 is 0 Å². The maximum atomic E-state index is 6.04. The van der Waals surface area contributed by atoms with Gasteiger partial charge < -0.3 is 14.4 Å². The Labute approximate surface area is 142 Å². The Balaban J connectivity index is 1.59. The maximum absolute atomic E-state index is 6.04. The second kappa shape index (κ2) is 7.47. The molecule has 1 aliphatic rings. The molecular formula is C18H24N4O2. The predicted octanol–water partition coefficient (Wildman–Crippen LogP) is 2.80. The number of hydrogen-bond donors (Lipinski definition) is 0. The molecule has 0 aromatic carbocycles. The van der Waals surface area contributed by atoms with E-state index in [1.807, 2.05) is 12.1 Å². The van der Waals surface area contributed by atoms with Crippen molar-refractivity contribution in [1.29, 1.82) is 0 Å². The van der Waals surface area contributed by atoms with Gasteiger partial charge in [-0.25, -0.2) is 15.0 Å². The van der Waals surface area contributed by atoms with Crippen molar-refractivity contribution in [3.8, 4) is 11.6 Å². The van der Waals surface area contributed by atoms with Gasteiger partial charge in [0.2, 0.25) is 5.88 Å². The molecule has 0 N–H and O–H groups in total. The Hall–Kier alpha value is -2.37. The van der Waals surface area contributed by atoms with Gasteiger partial charge in [-0.05, 0) is 19.4 Å². The number of anilines is 1. The van der Waals surface area contributed by atoms with E-state index in [2.05, 4.69) is 33.7 Å². The lowest BCUT2D eigenvalue weighted by Crippen LogP contribution is -2.39. The molecule has 3 rings (SSSR count). The number of rotatable bonds is 5. The highest BCUT2D eigenvalue weighted by Gasteiger charge is 2.23. The lowest BCUT2D eigenvalue weighted by atomic mass is 10.1. The summed E-state index contributed by atoms with van der Waals surface area (Å²) in [5.41, 5.74) is 2.32. The summed E-state index contributed by atoms with van der Waals surface area (Å²) in [5, 5.41) is 0. The molecule has 6 heteroatoms. The standard InChI is InChI=1S/C18H24N4O2/c1-4-16-13(2)18(21-12-20-16)22-9-7-14(8-10-22)24-15-5-6-17(23-3)19-11-15/h5-6,11-12,14H,4,7-10H2,1-3H3. The number of ether oxygens (including phenoxy) is 2. The summed E-state index contributed by atoms with van der Waals surface area (Å²) in [6.07, 6.45) is 6.48. The van der Waals surface area contributed by atoms with Crippen molar-refractivity contribution in [2.24, 2.45) is 0 Å². The fraction of sp³-hybridized carbons (Fsp3) is 0.500. The molecule has 1 aliphatic heterocycles. The Bertz CT molecular complexity index is 667. The number of aryl methyl sites for hydroxylation is 1. The van der Waals surface area contributed by atoms with E-state index in [0.29, 0.717) is 5.88 Å². The molecule has 2 aromatic heterocycles. The van der Waals surface area contributed by atoms with Gasteiger partial charge in [-0.1, -0.05) is 6.92 Å². The van der Waals surface area contributed by atoms with Crippen LogP contribution in [0.25, 0.3) is 0 Å². The molecule has 0 bridgehead atoms. The normalized spacial score (nSPS) is 15.4. The molecule has 1 saturated heterocycles. The van der Waals surface area contributed by atoms with Crippen molar-refractivity contribution >= 4 is 5.82 Å². The third-order valence-corrected chi connectivity index (χ3v) is 4.46. The van der Waals surface area contributed by atoms with E-state index in [4.69, 9.17) is 9.47 Å². The Kier molecular flexibility index (Phi) is 5.13. The van der Waals surface area contributed by atoms with E-state index in [9.17, 15) is 0 Å². The molecule has 128 valence electrons. The quantitative estimate of drug-likeness (QED) is 0.841. The topological polar surface area (TPSA) is 60.4 Å². The van der Waals surface area contributed by atoms with Gasteiger partial charge in [0.25, 0.3) is 0 Å². The Morgan fingerprint density at radius 2 is 1.96 bits per heavy atom. The van der Waals surface area contributed by atoms with E-state index in [-0.39, 0.29) is 6.10 Å². The van der Waals surface area contributed by atoms with Gasteiger partial charge in [0.05, 0.1) is 13.3 Å². The largest absolute Gasteiger partial charge is 0.489 e. The van der Waals surface area contributed by atoms with E-state index in [0.717, 1.165) is 49.6 Å². The minimum absolute atomic E-state index is 0.212. The van der Waals surface area contributed by atoms with Gasteiger partial charge in [0.1, 0.15) is 24.0 Å². The summed E-state index contributed by atoms with van der Waals surface area (Å²) in [7, 11) is 1.61. The maximum Gasteiger partial charge on any atom is 0.213 e. The van der Waals surface area contributed by atoms with Crippen LogP contribution in [0.5, 0.6) is 11.6 Å². The highest BCUT2D eigenvalue weighted by atomic mass is 16.5. The van der Waals surface area contributed by atoms with Crippen molar-refractivity contribution in [1.82, 2.24) is 15.0 Å². The van der Waals surface area contributed by atoms with Crippen LogP contribution < -0.4 is 14.4 Å². The third kappa shape index (κ3) is 3.58. The van der Waals surface area contributed by atoms with Crippen LogP contribution in [0.3, 0.4) is 0 Å². The van der Waals surface area contributed by atoms with Gasteiger partial charge in [-0.2, -0.15) is 0 Å². The molecule has 24 heavy (non-hydrogen) atoms.